The van der Waals surface area contributed by atoms with Crippen LogP contribution in [0, 0.1) is 5.92 Å². The molecule has 1 saturated heterocycles. The van der Waals surface area contributed by atoms with Gasteiger partial charge in [-0.05, 0) is 30.9 Å². The molecule has 0 unspecified atom stereocenters. The first-order valence-corrected chi connectivity index (χ1v) is 6.36. The number of amides is 1. The monoisotopic (exact) mass is 249 g/mol. The molecular formula is C14H19NO3. The summed E-state index contributed by atoms with van der Waals surface area (Å²) in [5, 5.41) is 9.04. The van der Waals surface area contributed by atoms with Gasteiger partial charge in [-0.2, -0.15) is 0 Å². The van der Waals surface area contributed by atoms with Crippen LogP contribution in [0.1, 0.15) is 12.8 Å². The van der Waals surface area contributed by atoms with E-state index in [0.717, 1.165) is 31.7 Å². The molecule has 0 bridgehead atoms. The van der Waals surface area contributed by atoms with Crippen LogP contribution in [0.5, 0.6) is 5.75 Å². The summed E-state index contributed by atoms with van der Waals surface area (Å²) in [6.45, 7) is 1.76. The van der Waals surface area contributed by atoms with E-state index in [1.807, 2.05) is 35.2 Å². The van der Waals surface area contributed by atoms with Crippen molar-refractivity contribution >= 4 is 5.91 Å². The highest BCUT2D eigenvalue weighted by Crippen LogP contribution is 2.16. The molecule has 0 aromatic heterocycles. The number of likely N-dealkylation sites (tertiary alicyclic amines) is 1. The van der Waals surface area contributed by atoms with E-state index in [4.69, 9.17) is 9.84 Å². The van der Waals surface area contributed by atoms with Crippen molar-refractivity contribution in [3.8, 4) is 5.75 Å². The number of carbonyl (C=O) groups excluding carboxylic acids is 1. The van der Waals surface area contributed by atoms with Gasteiger partial charge in [-0.25, -0.2) is 0 Å². The predicted molar refractivity (Wildman–Crippen MR) is 68.3 cm³/mol. The average Bonchev–Trinajstić information content (AvgIpc) is 2.46. The zero-order valence-electron chi connectivity index (χ0n) is 10.4. The van der Waals surface area contributed by atoms with Gasteiger partial charge < -0.3 is 14.7 Å². The van der Waals surface area contributed by atoms with E-state index in [0.29, 0.717) is 5.92 Å². The lowest BCUT2D eigenvalue weighted by atomic mass is 9.98. The number of benzene rings is 1. The van der Waals surface area contributed by atoms with E-state index in [9.17, 15) is 4.79 Å². The number of para-hydroxylation sites is 1. The van der Waals surface area contributed by atoms with Gasteiger partial charge in [0.25, 0.3) is 5.91 Å². The maximum atomic E-state index is 11.9. The number of nitrogens with zero attached hydrogens (tertiary/aromatic N) is 1. The fourth-order valence-corrected chi connectivity index (χ4v) is 2.12. The topological polar surface area (TPSA) is 49.8 Å². The SMILES string of the molecule is O=C(COc1ccccc1)N1CCC(CO)CC1. The number of aliphatic hydroxyl groups is 1. The Kier molecular flexibility index (Phi) is 4.59. The molecule has 98 valence electrons. The normalized spacial score (nSPS) is 16.6. The molecule has 0 saturated carbocycles. The summed E-state index contributed by atoms with van der Waals surface area (Å²) in [5.74, 6) is 1.09. The van der Waals surface area contributed by atoms with Gasteiger partial charge in [0.05, 0.1) is 0 Å². The summed E-state index contributed by atoms with van der Waals surface area (Å²) in [7, 11) is 0. The van der Waals surface area contributed by atoms with Crippen LogP contribution in [-0.4, -0.2) is 42.2 Å². The highest BCUT2D eigenvalue weighted by Gasteiger charge is 2.22. The first-order valence-electron chi connectivity index (χ1n) is 6.36. The summed E-state index contributed by atoms with van der Waals surface area (Å²) in [6, 6.07) is 9.35. The fourth-order valence-electron chi connectivity index (χ4n) is 2.12. The Labute approximate surface area is 107 Å². The van der Waals surface area contributed by atoms with Crippen LogP contribution in [0.3, 0.4) is 0 Å². The first kappa shape index (κ1) is 12.9. The minimum Gasteiger partial charge on any atom is -0.484 e. The van der Waals surface area contributed by atoms with Gasteiger partial charge in [0.1, 0.15) is 5.75 Å². The lowest BCUT2D eigenvalue weighted by Crippen LogP contribution is -2.41. The molecule has 2 rings (SSSR count). The summed E-state index contributed by atoms with van der Waals surface area (Å²) in [6.07, 6.45) is 1.77. The van der Waals surface area contributed by atoms with Crippen molar-refractivity contribution in [2.75, 3.05) is 26.3 Å². The quantitative estimate of drug-likeness (QED) is 0.875. The molecule has 1 aliphatic heterocycles. The summed E-state index contributed by atoms with van der Waals surface area (Å²) < 4.78 is 5.43. The molecule has 1 aromatic carbocycles. The standard InChI is InChI=1S/C14H19NO3/c16-10-12-6-8-15(9-7-12)14(17)11-18-13-4-2-1-3-5-13/h1-5,12,16H,6-11H2. The van der Waals surface area contributed by atoms with Crippen molar-refractivity contribution in [1.82, 2.24) is 4.90 Å². The Morgan fingerprint density at radius 3 is 2.56 bits per heavy atom. The molecule has 1 N–H and O–H groups in total. The van der Waals surface area contributed by atoms with Crippen LogP contribution >= 0.6 is 0 Å². The lowest BCUT2D eigenvalue weighted by molar-refractivity contribution is -0.134. The number of rotatable bonds is 4. The van der Waals surface area contributed by atoms with Gasteiger partial charge in [0.2, 0.25) is 0 Å². The number of carbonyl (C=O) groups is 1. The van der Waals surface area contributed by atoms with Crippen LogP contribution in [0.2, 0.25) is 0 Å². The van der Waals surface area contributed by atoms with Crippen LogP contribution in [0.15, 0.2) is 30.3 Å². The molecule has 0 atom stereocenters. The largest absolute Gasteiger partial charge is 0.484 e. The molecule has 4 heteroatoms. The molecule has 1 amide bonds. The Morgan fingerprint density at radius 1 is 1.28 bits per heavy atom. The van der Waals surface area contributed by atoms with Crippen LogP contribution < -0.4 is 4.74 Å². The maximum Gasteiger partial charge on any atom is 0.260 e. The average molecular weight is 249 g/mol. The van der Waals surface area contributed by atoms with Crippen molar-refractivity contribution < 1.29 is 14.6 Å². The predicted octanol–water partition coefficient (Wildman–Crippen LogP) is 1.30. The van der Waals surface area contributed by atoms with Gasteiger partial charge in [-0.1, -0.05) is 18.2 Å². The number of ether oxygens (including phenoxy) is 1. The summed E-state index contributed by atoms with van der Waals surface area (Å²) >= 11 is 0. The Morgan fingerprint density at radius 2 is 1.94 bits per heavy atom. The minimum absolute atomic E-state index is 0.0234. The van der Waals surface area contributed by atoms with Crippen molar-refractivity contribution in [3.05, 3.63) is 30.3 Å². The molecule has 1 heterocycles. The maximum absolute atomic E-state index is 11.9. The zero-order chi connectivity index (χ0) is 12.8. The molecule has 0 radical (unpaired) electrons. The van der Waals surface area contributed by atoms with E-state index in [1.54, 1.807) is 0 Å². The third-order valence-electron chi connectivity index (χ3n) is 3.33. The highest BCUT2D eigenvalue weighted by atomic mass is 16.5. The molecule has 1 aromatic rings. The van der Waals surface area contributed by atoms with E-state index in [-0.39, 0.29) is 19.1 Å². The molecule has 1 fully saturated rings. The van der Waals surface area contributed by atoms with Crippen LogP contribution in [-0.2, 0) is 4.79 Å². The third-order valence-corrected chi connectivity index (χ3v) is 3.33. The van der Waals surface area contributed by atoms with Crippen molar-refractivity contribution in [1.29, 1.82) is 0 Å². The van der Waals surface area contributed by atoms with Gasteiger partial charge in [-0.15, -0.1) is 0 Å². The van der Waals surface area contributed by atoms with Gasteiger partial charge in [0.15, 0.2) is 6.61 Å². The van der Waals surface area contributed by atoms with E-state index in [1.165, 1.54) is 0 Å². The minimum atomic E-state index is 0.0234. The van der Waals surface area contributed by atoms with Crippen LogP contribution in [0.4, 0.5) is 0 Å². The molecule has 0 aliphatic carbocycles. The number of hydrogen-bond donors (Lipinski definition) is 1. The summed E-state index contributed by atoms with van der Waals surface area (Å²) in [5.41, 5.74) is 0. The van der Waals surface area contributed by atoms with Crippen molar-refractivity contribution in [2.45, 2.75) is 12.8 Å². The van der Waals surface area contributed by atoms with Gasteiger partial charge in [-0.3, -0.25) is 4.79 Å². The fraction of sp³-hybridized carbons (Fsp3) is 0.500. The Bertz CT molecular complexity index is 372. The molecule has 4 nitrogen and oxygen atoms in total. The van der Waals surface area contributed by atoms with Crippen molar-refractivity contribution in [3.63, 3.8) is 0 Å². The second-order valence-corrected chi connectivity index (χ2v) is 4.61. The van der Waals surface area contributed by atoms with Crippen LogP contribution in [0.25, 0.3) is 0 Å². The zero-order valence-corrected chi connectivity index (χ0v) is 10.4. The second-order valence-electron chi connectivity index (χ2n) is 4.61. The molecule has 18 heavy (non-hydrogen) atoms. The first-order chi connectivity index (χ1) is 8.79. The van der Waals surface area contributed by atoms with Gasteiger partial charge >= 0.3 is 0 Å². The number of hydrogen-bond acceptors (Lipinski definition) is 3. The molecule has 1 aliphatic rings. The van der Waals surface area contributed by atoms with Gasteiger partial charge in [0, 0.05) is 19.7 Å². The third kappa shape index (κ3) is 3.47. The number of aliphatic hydroxyl groups excluding tert-OH is 1. The Balaban J connectivity index is 1.75. The molecular weight excluding hydrogens is 230 g/mol. The molecule has 0 spiro atoms. The van der Waals surface area contributed by atoms with E-state index >= 15 is 0 Å². The smallest absolute Gasteiger partial charge is 0.260 e. The highest BCUT2D eigenvalue weighted by molar-refractivity contribution is 5.77. The van der Waals surface area contributed by atoms with E-state index in [2.05, 4.69) is 0 Å². The summed E-state index contributed by atoms with van der Waals surface area (Å²) in [4.78, 5) is 13.7. The lowest BCUT2D eigenvalue weighted by Gasteiger charge is -2.31. The van der Waals surface area contributed by atoms with Crippen molar-refractivity contribution in [2.24, 2.45) is 5.92 Å². The Hall–Kier alpha value is -1.55. The number of piperidine rings is 1. The second kappa shape index (κ2) is 6.40. The van der Waals surface area contributed by atoms with E-state index < -0.39 is 0 Å².